The molecule has 10 heteroatoms. The number of quaternary nitrogens is 1. The van der Waals surface area contributed by atoms with E-state index in [1.54, 1.807) is 0 Å². The fourth-order valence-corrected chi connectivity index (χ4v) is 11.4. The standard InChI is InChI=1S/C79H143N2O7P/c1-7-10-13-16-19-22-25-27-29-31-33-35-37-39-40-42-44-46-48-50-52-54-57-60-63-66-69-72-79(83)88-77(70-67-64-61-58-55-24-21-18-15-12-9-3)76(75-87-89(84,85)86-74-73-81(4,5)6)80-78(82)71-68-65-62-59-56-53-51-49-47-45-43-41-38-36-34-32-30-28-26-23-20-17-14-11-8-2/h19-20,22-23,27-30,33-36,39-40,67,70,76-77H,7-18,21,24-26,31-32,37-38,41-66,68-69,71-75H2,1-6H3,(H-,80,82,84,85)/b22-19-,23-20-,29-27-,30-28-,35-33-,36-34-,40-39-,70-67+. The summed E-state index contributed by atoms with van der Waals surface area (Å²) in [7, 11) is 1.18. The summed E-state index contributed by atoms with van der Waals surface area (Å²) < 4.78 is 30.5. The molecular weight excluding hydrogens is 1120 g/mol. The van der Waals surface area contributed by atoms with E-state index in [0.29, 0.717) is 17.4 Å². The van der Waals surface area contributed by atoms with E-state index >= 15 is 0 Å². The Bertz CT molecular complexity index is 1840. The van der Waals surface area contributed by atoms with Crippen LogP contribution in [0.4, 0.5) is 0 Å². The number of esters is 1. The molecule has 0 saturated carbocycles. The summed E-state index contributed by atoms with van der Waals surface area (Å²) in [6.07, 6.45) is 92.5. The van der Waals surface area contributed by atoms with Crippen LogP contribution in [0.2, 0.25) is 0 Å². The highest BCUT2D eigenvalue weighted by molar-refractivity contribution is 7.45. The average Bonchev–Trinajstić information content (AvgIpc) is 3.71. The zero-order valence-electron chi connectivity index (χ0n) is 59.1. The van der Waals surface area contributed by atoms with Crippen molar-refractivity contribution >= 4 is 19.7 Å². The third-order valence-corrected chi connectivity index (χ3v) is 17.5. The second-order valence-corrected chi connectivity index (χ2v) is 27.9. The number of carbonyl (C=O) groups is 2. The molecule has 0 spiro atoms. The summed E-state index contributed by atoms with van der Waals surface area (Å²) in [6.45, 7) is 6.81. The number of phosphoric ester groups is 1. The Balaban J connectivity index is 4.97. The van der Waals surface area contributed by atoms with E-state index in [9.17, 15) is 19.0 Å². The van der Waals surface area contributed by atoms with Crippen LogP contribution in [0.5, 0.6) is 0 Å². The molecule has 0 aliphatic heterocycles. The molecule has 9 nitrogen and oxygen atoms in total. The molecule has 0 heterocycles. The van der Waals surface area contributed by atoms with Gasteiger partial charge in [0.15, 0.2) is 0 Å². The van der Waals surface area contributed by atoms with E-state index in [1.807, 2.05) is 33.3 Å². The van der Waals surface area contributed by atoms with Crippen molar-refractivity contribution in [2.24, 2.45) is 0 Å². The van der Waals surface area contributed by atoms with Gasteiger partial charge in [0, 0.05) is 12.8 Å². The SMILES string of the molecule is CCCCC/C=C\C/C=C\C/C=C\C/C=C\CCCCCCCCCCCCCC(=O)OC(/C=C/CCCCCCCCCCC)C(COP(=O)([O-])OCC[N+](C)(C)C)NC(=O)CCCCCCCCCCCCCC/C=C\C/C=C\C/C=C\CCCCC. The van der Waals surface area contributed by atoms with Crippen LogP contribution >= 0.6 is 7.82 Å². The van der Waals surface area contributed by atoms with Crippen LogP contribution < -0.4 is 10.2 Å². The quantitative estimate of drug-likeness (QED) is 0.0212. The number of ether oxygens (including phenoxy) is 1. The number of hydrogen-bond donors (Lipinski definition) is 1. The number of amides is 1. The highest BCUT2D eigenvalue weighted by atomic mass is 31.2. The van der Waals surface area contributed by atoms with Gasteiger partial charge < -0.3 is 28.5 Å². The van der Waals surface area contributed by atoms with Crippen LogP contribution in [0, 0.1) is 0 Å². The normalized spacial score (nSPS) is 14.0. The number of hydrogen-bond acceptors (Lipinski definition) is 7. The van der Waals surface area contributed by atoms with Crippen molar-refractivity contribution in [3.63, 3.8) is 0 Å². The van der Waals surface area contributed by atoms with Crippen LogP contribution in [0.25, 0.3) is 0 Å². The zero-order valence-corrected chi connectivity index (χ0v) is 60.0. The molecule has 0 aromatic carbocycles. The molecule has 0 radical (unpaired) electrons. The minimum absolute atomic E-state index is 0.0260. The van der Waals surface area contributed by atoms with E-state index in [1.165, 1.54) is 218 Å². The van der Waals surface area contributed by atoms with Crippen LogP contribution in [0.1, 0.15) is 342 Å². The van der Waals surface area contributed by atoms with Crippen LogP contribution in [0.3, 0.4) is 0 Å². The number of nitrogens with zero attached hydrogens (tertiary/aromatic N) is 1. The highest BCUT2D eigenvalue weighted by Crippen LogP contribution is 2.38. The molecule has 516 valence electrons. The largest absolute Gasteiger partial charge is 0.756 e. The maximum absolute atomic E-state index is 13.6. The zero-order chi connectivity index (χ0) is 64.9. The van der Waals surface area contributed by atoms with Crippen LogP contribution in [-0.2, 0) is 27.9 Å². The van der Waals surface area contributed by atoms with Gasteiger partial charge in [-0.1, -0.05) is 311 Å². The summed E-state index contributed by atoms with van der Waals surface area (Å²) in [5.41, 5.74) is 0. The molecule has 0 aromatic rings. The number of likely N-dealkylation sites (N-methyl/N-ethyl adjacent to an activating group) is 1. The monoisotopic (exact) mass is 1260 g/mol. The van der Waals surface area contributed by atoms with E-state index in [2.05, 4.69) is 111 Å². The van der Waals surface area contributed by atoms with E-state index < -0.39 is 26.6 Å². The summed E-state index contributed by atoms with van der Waals surface area (Å²) in [4.78, 5) is 40.2. The van der Waals surface area contributed by atoms with Gasteiger partial charge in [0.25, 0.3) is 7.82 Å². The lowest BCUT2D eigenvalue weighted by atomic mass is 10.0. The van der Waals surface area contributed by atoms with Crippen molar-refractivity contribution < 1.29 is 37.3 Å². The molecule has 1 amide bonds. The molecule has 3 unspecified atom stereocenters. The van der Waals surface area contributed by atoms with Crippen molar-refractivity contribution in [1.29, 1.82) is 0 Å². The van der Waals surface area contributed by atoms with Gasteiger partial charge in [-0.15, -0.1) is 0 Å². The van der Waals surface area contributed by atoms with Gasteiger partial charge in [-0.3, -0.25) is 14.2 Å². The molecule has 0 rings (SSSR count). The first-order valence-corrected chi connectivity index (χ1v) is 39.0. The maximum atomic E-state index is 13.6. The van der Waals surface area contributed by atoms with Crippen molar-refractivity contribution in [2.75, 3.05) is 40.9 Å². The van der Waals surface area contributed by atoms with Crippen LogP contribution in [-0.4, -0.2) is 69.4 Å². The van der Waals surface area contributed by atoms with E-state index in [4.69, 9.17) is 13.8 Å². The molecule has 0 bridgehead atoms. The van der Waals surface area contributed by atoms with Crippen molar-refractivity contribution in [1.82, 2.24) is 5.32 Å². The minimum Gasteiger partial charge on any atom is -0.756 e. The molecular formula is C79H143N2O7P. The average molecular weight is 1260 g/mol. The summed E-state index contributed by atoms with van der Waals surface area (Å²) >= 11 is 0. The lowest BCUT2D eigenvalue weighted by molar-refractivity contribution is -0.870. The third-order valence-electron chi connectivity index (χ3n) is 16.5. The number of allylic oxidation sites excluding steroid dienone is 15. The molecule has 0 aromatic heterocycles. The van der Waals surface area contributed by atoms with Crippen LogP contribution in [0.15, 0.2) is 97.2 Å². The Hall–Kier alpha value is -3.07. The topological polar surface area (TPSA) is 114 Å². The second kappa shape index (κ2) is 67.8. The van der Waals surface area contributed by atoms with Crippen molar-refractivity contribution in [3.8, 4) is 0 Å². The lowest BCUT2D eigenvalue weighted by Crippen LogP contribution is -2.47. The Morgan fingerprint density at radius 2 is 0.685 bits per heavy atom. The molecule has 89 heavy (non-hydrogen) atoms. The molecule has 0 fully saturated rings. The Labute approximate surface area is 551 Å². The minimum atomic E-state index is -4.71. The molecule has 0 saturated heterocycles. The maximum Gasteiger partial charge on any atom is 0.306 e. The van der Waals surface area contributed by atoms with Gasteiger partial charge in [0.1, 0.15) is 19.3 Å². The Kier molecular flexibility index (Phi) is 65.5. The summed E-state index contributed by atoms with van der Waals surface area (Å²) in [6, 6.07) is -0.896. The fraction of sp³-hybridized carbons (Fsp3) is 0.772. The molecule has 0 aliphatic rings. The van der Waals surface area contributed by atoms with Gasteiger partial charge in [-0.2, -0.15) is 0 Å². The number of unbranched alkanes of at least 4 members (excludes halogenated alkanes) is 38. The fourth-order valence-electron chi connectivity index (χ4n) is 10.7. The third kappa shape index (κ3) is 69.1. The lowest BCUT2D eigenvalue weighted by Gasteiger charge is -2.30. The van der Waals surface area contributed by atoms with Gasteiger partial charge in [0.2, 0.25) is 5.91 Å². The van der Waals surface area contributed by atoms with Crippen molar-refractivity contribution in [3.05, 3.63) is 97.2 Å². The number of carbonyl (C=O) groups excluding carboxylic acids is 2. The van der Waals surface area contributed by atoms with Crippen molar-refractivity contribution in [2.45, 2.75) is 354 Å². The predicted octanol–water partition coefficient (Wildman–Crippen LogP) is 23.6. The van der Waals surface area contributed by atoms with Gasteiger partial charge in [-0.25, -0.2) is 0 Å². The Morgan fingerprint density at radius 3 is 1.04 bits per heavy atom. The molecule has 3 atom stereocenters. The van der Waals surface area contributed by atoms with Gasteiger partial charge in [-0.05, 0) is 115 Å². The number of nitrogens with one attached hydrogen (secondary N) is 1. The first-order valence-electron chi connectivity index (χ1n) is 37.5. The van der Waals surface area contributed by atoms with E-state index in [-0.39, 0.29) is 24.9 Å². The highest BCUT2D eigenvalue weighted by Gasteiger charge is 2.27. The Morgan fingerprint density at radius 1 is 0.393 bits per heavy atom. The molecule has 1 N–H and O–H groups in total. The second-order valence-electron chi connectivity index (χ2n) is 26.4. The van der Waals surface area contributed by atoms with Gasteiger partial charge in [0.05, 0.1) is 33.8 Å². The first kappa shape index (κ1) is 85.9. The smallest absolute Gasteiger partial charge is 0.306 e. The van der Waals surface area contributed by atoms with Gasteiger partial charge >= 0.3 is 5.97 Å². The summed E-state index contributed by atoms with van der Waals surface area (Å²) in [5, 5.41) is 3.04. The summed E-state index contributed by atoms with van der Waals surface area (Å²) in [5.74, 6) is -0.541. The number of rotatable bonds is 68. The van der Waals surface area contributed by atoms with E-state index in [0.717, 1.165) is 89.9 Å². The first-order chi connectivity index (χ1) is 43.4. The predicted molar refractivity (Wildman–Crippen MR) is 385 cm³/mol. The number of phosphoric acid groups is 1. The molecule has 0 aliphatic carbocycles.